The van der Waals surface area contributed by atoms with Gasteiger partial charge in [0, 0.05) is 24.7 Å². The van der Waals surface area contributed by atoms with Crippen LogP contribution in [0.25, 0.3) is 0 Å². The summed E-state index contributed by atoms with van der Waals surface area (Å²) in [5.41, 5.74) is 2.94. The van der Waals surface area contributed by atoms with Gasteiger partial charge in [0.15, 0.2) is 6.61 Å². The van der Waals surface area contributed by atoms with E-state index in [1.165, 1.54) is 13.0 Å². The zero-order chi connectivity index (χ0) is 23.6. The maximum absolute atomic E-state index is 12.4. The monoisotopic (exact) mass is 446 g/mol. The number of carbonyl (C=O) groups excluding carboxylic acids is 3. The van der Waals surface area contributed by atoms with E-state index in [1.54, 1.807) is 30.3 Å². The summed E-state index contributed by atoms with van der Waals surface area (Å²) >= 11 is 0. The van der Waals surface area contributed by atoms with Gasteiger partial charge in [-0.15, -0.1) is 0 Å². The van der Waals surface area contributed by atoms with Crippen LogP contribution in [-0.4, -0.2) is 24.4 Å². The number of amides is 2. The number of nitrogens with one attached hydrogen (secondary N) is 2. The van der Waals surface area contributed by atoms with Crippen LogP contribution in [0.5, 0.6) is 11.5 Å². The van der Waals surface area contributed by atoms with Crippen LogP contribution in [0.2, 0.25) is 0 Å². The number of ether oxygens (including phenoxy) is 2. The second kappa shape index (κ2) is 11.5. The Balaban J connectivity index is 1.48. The molecule has 170 valence electrons. The molecule has 0 unspecified atom stereocenters. The lowest BCUT2D eigenvalue weighted by atomic mass is 10.1. The molecule has 7 nitrogen and oxygen atoms in total. The number of hydrogen-bond acceptors (Lipinski definition) is 5. The standard InChI is InChI=1S/C26H26N2O5/c1-3-20-7-4-5-10-24(20)32-17-25(30)28-22-13-11-19(12-14-22)16-27-26(31)21-8-6-9-23(15-21)33-18(2)29/h4-15H,3,16-17H2,1-2H3,(H,27,31)(H,28,30). The minimum absolute atomic E-state index is 0.0821. The third-order valence-electron chi connectivity index (χ3n) is 4.76. The molecule has 33 heavy (non-hydrogen) atoms. The Morgan fingerprint density at radius 1 is 0.909 bits per heavy atom. The Morgan fingerprint density at radius 3 is 2.39 bits per heavy atom. The van der Waals surface area contributed by atoms with Crippen molar-refractivity contribution in [2.45, 2.75) is 26.8 Å². The van der Waals surface area contributed by atoms with Crippen molar-refractivity contribution in [2.24, 2.45) is 0 Å². The number of rotatable bonds is 9. The molecule has 0 aliphatic heterocycles. The predicted molar refractivity (Wildman–Crippen MR) is 125 cm³/mol. The highest BCUT2D eigenvalue weighted by Gasteiger charge is 2.09. The van der Waals surface area contributed by atoms with E-state index in [0.717, 1.165) is 17.5 Å². The molecule has 0 fully saturated rings. The first-order valence-corrected chi connectivity index (χ1v) is 10.6. The van der Waals surface area contributed by atoms with Crippen LogP contribution < -0.4 is 20.1 Å². The molecule has 0 aliphatic carbocycles. The Bertz CT molecular complexity index is 1130. The average Bonchev–Trinajstić information content (AvgIpc) is 2.82. The highest BCUT2D eigenvalue weighted by Crippen LogP contribution is 2.18. The van der Waals surface area contributed by atoms with Gasteiger partial charge in [0.05, 0.1) is 0 Å². The summed E-state index contributed by atoms with van der Waals surface area (Å²) < 4.78 is 10.6. The number of carbonyl (C=O) groups is 3. The normalized spacial score (nSPS) is 10.2. The van der Waals surface area contributed by atoms with Crippen LogP contribution in [0.4, 0.5) is 5.69 Å². The third-order valence-corrected chi connectivity index (χ3v) is 4.76. The van der Waals surface area contributed by atoms with Gasteiger partial charge < -0.3 is 20.1 Å². The highest BCUT2D eigenvalue weighted by atomic mass is 16.5. The molecule has 3 rings (SSSR count). The molecular weight excluding hydrogens is 420 g/mol. The molecule has 0 saturated heterocycles. The molecule has 0 radical (unpaired) electrons. The van der Waals surface area contributed by atoms with Crippen LogP contribution in [-0.2, 0) is 22.6 Å². The van der Waals surface area contributed by atoms with Gasteiger partial charge >= 0.3 is 5.97 Å². The fraction of sp³-hybridized carbons (Fsp3) is 0.192. The molecule has 3 aromatic carbocycles. The topological polar surface area (TPSA) is 93.7 Å². The fourth-order valence-corrected chi connectivity index (χ4v) is 3.13. The Kier molecular flexibility index (Phi) is 8.18. The van der Waals surface area contributed by atoms with Gasteiger partial charge in [0.1, 0.15) is 11.5 Å². The van der Waals surface area contributed by atoms with Crippen LogP contribution in [0.3, 0.4) is 0 Å². The molecular formula is C26H26N2O5. The van der Waals surface area contributed by atoms with Gasteiger partial charge in [0.25, 0.3) is 11.8 Å². The molecule has 0 heterocycles. The second-order valence-electron chi connectivity index (χ2n) is 7.30. The summed E-state index contributed by atoms with van der Waals surface area (Å²) in [6.45, 7) is 3.56. The largest absolute Gasteiger partial charge is 0.483 e. The summed E-state index contributed by atoms with van der Waals surface area (Å²) in [6.07, 6.45) is 0.827. The predicted octanol–water partition coefficient (Wildman–Crippen LogP) is 4.12. The van der Waals surface area contributed by atoms with E-state index >= 15 is 0 Å². The van der Waals surface area contributed by atoms with E-state index < -0.39 is 5.97 Å². The fourth-order valence-electron chi connectivity index (χ4n) is 3.13. The molecule has 0 bridgehead atoms. The average molecular weight is 447 g/mol. The summed E-state index contributed by atoms with van der Waals surface area (Å²) in [5.74, 6) is 0.0367. The first-order valence-electron chi connectivity index (χ1n) is 10.6. The van der Waals surface area contributed by atoms with Crippen LogP contribution in [0, 0.1) is 0 Å². The van der Waals surface area contributed by atoms with Crippen molar-refractivity contribution in [3.05, 3.63) is 89.5 Å². The van der Waals surface area contributed by atoms with Gasteiger partial charge in [-0.25, -0.2) is 0 Å². The minimum Gasteiger partial charge on any atom is -0.483 e. The van der Waals surface area contributed by atoms with Crippen LogP contribution in [0.15, 0.2) is 72.8 Å². The second-order valence-corrected chi connectivity index (χ2v) is 7.30. The van der Waals surface area contributed by atoms with E-state index in [4.69, 9.17) is 9.47 Å². The number of para-hydroxylation sites is 1. The van der Waals surface area contributed by atoms with Crippen LogP contribution >= 0.6 is 0 Å². The quantitative estimate of drug-likeness (QED) is 0.381. The van der Waals surface area contributed by atoms with Gasteiger partial charge in [0.2, 0.25) is 0 Å². The van der Waals surface area contributed by atoms with Crippen molar-refractivity contribution in [1.29, 1.82) is 0 Å². The van der Waals surface area contributed by atoms with E-state index in [0.29, 0.717) is 29.3 Å². The number of aryl methyl sites for hydroxylation is 1. The van der Waals surface area contributed by atoms with E-state index in [2.05, 4.69) is 10.6 Å². The smallest absolute Gasteiger partial charge is 0.308 e. The Labute approximate surface area is 192 Å². The molecule has 0 saturated carbocycles. The molecule has 0 aliphatic rings. The maximum Gasteiger partial charge on any atom is 0.308 e. The van der Waals surface area contributed by atoms with Gasteiger partial charge in [-0.2, -0.15) is 0 Å². The molecule has 7 heteroatoms. The zero-order valence-corrected chi connectivity index (χ0v) is 18.6. The summed E-state index contributed by atoms with van der Waals surface area (Å²) in [6, 6.07) is 21.2. The number of hydrogen-bond donors (Lipinski definition) is 2. The first kappa shape index (κ1) is 23.5. The molecule has 2 amide bonds. The summed E-state index contributed by atoms with van der Waals surface area (Å²) in [4.78, 5) is 35.7. The molecule has 0 atom stereocenters. The van der Waals surface area contributed by atoms with Crippen molar-refractivity contribution >= 4 is 23.5 Å². The summed E-state index contributed by atoms with van der Waals surface area (Å²) in [5, 5.41) is 5.62. The van der Waals surface area contributed by atoms with Gasteiger partial charge in [-0.05, 0) is 53.9 Å². The summed E-state index contributed by atoms with van der Waals surface area (Å²) in [7, 11) is 0. The van der Waals surface area contributed by atoms with Gasteiger partial charge in [-0.3, -0.25) is 14.4 Å². The number of benzene rings is 3. The lowest BCUT2D eigenvalue weighted by Gasteiger charge is -2.11. The minimum atomic E-state index is -0.447. The Morgan fingerprint density at radius 2 is 1.67 bits per heavy atom. The molecule has 3 aromatic rings. The highest BCUT2D eigenvalue weighted by molar-refractivity contribution is 5.94. The van der Waals surface area contributed by atoms with Gasteiger partial charge in [-0.1, -0.05) is 43.3 Å². The third kappa shape index (κ3) is 7.21. The SMILES string of the molecule is CCc1ccccc1OCC(=O)Nc1ccc(CNC(=O)c2cccc(OC(C)=O)c2)cc1. The van der Waals surface area contributed by atoms with Crippen molar-refractivity contribution in [3.8, 4) is 11.5 Å². The molecule has 0 aromatic heterocycles. The van der Waals surface area contributed by atoms with E-state index in [9.17, 15) is 14.4 Å². The van der Waals surface area contributed by atoms with Crippen LogP contribution in [0.1, 0.15) is 35.3 Å². The zero-order valence-electron chi connectivity index (χ0n) is 18.6. The number of anilines is 1. The first-order chi connectivity index (χ1) is 15.9. The Hall–Kier alpha value is -4.13. The lowest BCUT2D eigenvalue weighted by molar-refractivity contribution is -0.131. The van der Waals surface area contributed by atoms with Crippen molar-refractivity contribution < 1.29 is 23.9 Å². The van der Waals surface area contributed by atoms with Crippen molar-refractivity contribution in [1.82, 2.24) is 5.32 Å². The maximum atomic E-state index is 12.4. The lowest BCUT2D eigenvalue weighted by Crippen LogP contribution is -2.23. The molecule has 2 N–H and O–H groups in total. The van der Waals surface area contributed by atoms with E-state index in [-0.39, 0.29) is 18.4 Å². The van der Waals surface area contributed by atoms with Crippen molar-refractivity contribution in [3.63, 3.8) is 0 Å². The molecule has 0 spiro atoms. The number of esters is 1. The van der Waals surface area contributed by atoms with E-state index in [1.807, 2.05) is 43.3 Å². The van der Waals surface area contributed by atoms with Crippen molar-refractivity contribution in [2.75, 3.05) is 11.9 Å².